The number of hydrogen-bond donors (Lipinski definition) is 0. The number of para-hydroxylation sites is 1. The summed E-state index contributed by atoms with van der Waals surface area (Å²) in [6.45, 7) is 1.96. The average molecular weight is 409 g/mol. The van der Waals surface area contributed by atoms with Crippen LogP contribution in [0.2, 0.25) is 5.02 Å². The number of carbonyl (C=O) groups is 1. The van der Waals surface area contributed by atoms with Gasteiger partial charge in [-0.25, -0.2) is 4.98 Å². The molecule has 0 aliphatic carbocycles. The highest BCUT2D eigenvalue weighted by Gasteiger charge is 2.21. The van der Waals surface area contributed by atoms with Crippen LogP contribution in [0.1, 0.15) is 31.0 Å². The van der Waals surface area contributed by atoms with Crippen LogP contribution >= 0.6 is 11.6 Å². The van der Waals surface area contributed by atoms with Gasteiger partial charge in [0, 0.05) is 35.9 Å². The number of nitrogens with zero attached hydrogens (tertiary/aromatic N) is 2. The van der Waals surface area contributed by atoms with Gasteiger partial charge in [0.05, 0.1) is 12.2 Å². The van der Waals surface area contributed by atoms with Crippen molar-refractivity contribution in [3.05, 3.63) is 77.5 Å². The van der Waals surface area contributed by atoms with Gasteiger partial charge in [-0.15, -0.1) is 0 Å². The summed E-state index contributed by atoms with van der Waals surface area (Å²) >= 11 is 5.92. The highest BCUT2D eigenvalue weighted by atomic mass is 35.5. The largest absolute Gasteiger partial charge is 0.459 e. The molecule has 0 saturated heterocycles. The molecule has 6 heteroatoms. The van der Waals surface area contributed by atoms with Crippen LogP contribution in [0, 0.1) is 0 Å². The van der Waals surface area contributed by atoms with Crippen LogP contribution in [0.25, 0.3) is 22.3 Å². The second kappa shape index (κ2) is 8.13. The topological polar surface area (TPSA) is 59.5 Å². The second-order valence-electron chi connectivity index (χ2n) is 6.99. The number of furan rings is 1. The molecule has 5 nitrogen and oxygen atoms in total. The first-order valence-electron chi connectivity index (χ1n) is 9.46. The van der Waals surface area contributed by atoms with Crippen LogP contribution in [0.3, 0.4) is 0 Å². The van der Waals surface area contributed by atoms with Crippen molar-refractivity contribution < 1.29 is 13.6 Å². The van der Waals surface area contributed by atoms with Crippen molar-refractivity contribution in [1.29, 1.82) is 0 Å². The van der Waals surface area contributed by atoms with E-state index in [1.54, 1.807) is 30.3 Å². The fraction of sp³-hybridized carbons (Fsp3) is 0.217. The third-order valence-electron chi connectivity index (χ3n) is 5.07. The van der Waals surface area contributed by atoms with Crippen LogP contribution in [-0.2, 0) is 11.2 Å². The molecule has 0 aliphatic heterocycles. The number of aryl methyl sites for hydroxylation is 1. The molecule has 0 spiro atoms. The number of benzene rings is 2. The second-order valence-corrected chi connectivity index (χ2v) is 7.43. The van der Waals surface area contributed by atoms with Gasteiger partial charge in [0.2, 0.25) is 5.91 Å². The molecular weight excluding hydrogens is 388 g/mol. The standard InChI is InChI=1S/C23H21ClN2O3/c1-15(20-13-17-5-3-4-6-19(17)28-20)26(2)23(27)12-11-22-25-14-21(29-22)16-7-9-18(24)10-8-16/h3-10,13-15H,11-12H2,1-2H3/t15-/m1/s1. The van der Waals surface area contributed by atoms with E-state index in [1.165, 1.54) is 0 Å². The quantitative estimate of drug-likeness (QED) is 0.399. The maximum absolute atomic E-state index is 12.7. The van der Waals surface area contributed by atoms with Crippen LogP contribution < -0.4 is 0 Å². The molecule has 0 fully saturated rings. The molecule has 1 amide bonds. The zero-order chi connectivity index (χ0) is 20.4. The van der Waals surface area contributed by atoms with E-state index in [1.807, 2.05) is 49.4 Å². The lowest BCUT2D eigenvalue weighted by molar-refractivity contribution is -0.132. The maximum atomic E-state index is 12.7. The summed E-state index contributed by atoms with van der Waals surface area (Å²) in [6, 6.07) is 17.0. The molecule has 148 valence electrons. The number of rotatable bonds is 6. The molecule has 1 atom stereocenters. The molecule has 0 N–H and O–H groups in total. The van der Waals surface area contributed by atoms with E-state index >= 15 is 0 Å². The highest BCUT2D eigenvalue weighted by Crippen LogP contribution is 2.27. The number of carbonyl (C=O) groups excluding carboxylic acids is 1. The van der Waals surface area contributed by atoms with Crippen molar-refractivity contribution in [2.75, 3.05) is 7.05 Å². The van der Waals surface area contributed by atoms with Gasteiger partial charge in [-0.2, -0.15) is 0 Å². The van der Waals surface area contributed by atoms with Crippen LogP contribution in [0.15, 0.2) is 69.6 Å². The fourth-order valence-electron chi connectivity index (χ4n) is 3.18. The van der Waals surface area contributed by atoms with E-state index in [9.17, 15) is 4.79 Å². The molecule has 0 unspecified atom stereocenters. The van der Waals surface area contributed by atoms with Crippen molar-refractivity contribution in [2.24, 2.45) is 0 Å². The monoisotopic (exact) mass is 408 g/mol. The molecule has 0 bridgehead atoms. The van der Waals surface area contributed by atoms with Gasteiger partial charge in [-0.05, 0) is 43.3 Å². The van der Waals surface area contributed by atoms with E-state index in [0.717, 1.165) is 22.3 Å². The molecule has 0 radical (unpaired) electrons. The van der Waals surface area contributed by atoms with Gasteiger partial charge >= 0.3 is 0 Å². The minimum absolute atomic E-state index is 0.00389. The van der Waals surface area contributed by atoms with Gasteiger partial charge < -0.3 is 13.7 Å². The number of oxazole rings is 1. The normalized spacial score (nSPS) is 12.2. The Morgan fingerprint density at radius 2 is 1.90 bits per heavy atom. The molecule has 2 aromatic carbocycles. The van der Waals surface area contributed by atoms with Gasteiger partial charge in [0.15, 0.2) is 11.7 Å². The summed E-state index contributed by atoms with van der Waals surface area (Å²) in [4.78, 5) is 18.6. The van der Waals surface area contributed by atoms with Crippen molar-refractivity contribution >= 4 is 28.5 Å². The van der Waals surface area contributed by atoms with Crippen molar-refractivity contribution in [3.63, 3.8) is 0 Å². The predicted octanol–water partition coefficient (Wildman–Crippen LogP) is 5.89. The lowest BCUT2D eigenvalue weighted by Gasteiger charge is -2.23. The first-order valence-corrected chi connectivity index (χ1v) is 9.84. The molecular formula is C23H21ClN2O3. The van der Waals surface area contributed by atoms with Crippen LogP contribution in [0.4, 0.5) is 0 Å². The molecule has 4 aromatic rings. The summed E-state index contributed by atoms with van der Waals surface area (Å²) in [6.07, 6.45) is 2.41. The van der Waals surface area contributed by atoms with Crippen LogP contribution in [-0.4, -0.2) is 22.8 Å². The first kappa shape index (κ1) is 19.3. The number of amides is 1. The zero-order valence-corrected chi connectivity index (χ0v) is 17.0. The van der Waals surface area contributed by atoms with E-state index in [2.05, 4.69) is 4.98 Å². The first-order chi connectivity index (χ1) is 14.0. The van der Waals surface area contributed by atoms with Gasteiger partial charge in [-0.1, -0.05) is 29.8 Å². The molecule has 4 rings (SSSR count). The maximum Gasteiger partial charge on any atom is 0.223 e. The smallest absolute Gasteiger partial charge is 0.223 e. The lowest BCUT2D eigenvalue weighted by Crippen LogP contribution is -2.29. The Labute approximate surface area is 173 Å². The Morgan fingerprint density at radius 1 is 1.14 bits per heavy atom. The fourth-order valence-corrected chi connectivity index (χ4v) is 3.30. The van der Waals surface area contributed by atoms with Crippen molar-refractivity contribution in [2.45, 2.75) is 25.8 Å². The zero-order valence-electron chi connectivity index (χ0n) is 16.3. The number of fused-ring (bicyclic) bond motifs is 1. The Kier molecular flexibility index (Phi) is 5.41. The van der Waals surface area contributed by atoms with Gasteiger partial charge in [-0.3, -0.25) is 4.79 Å². The SMILES string of the molecule is C[C@H](c1cc2ccccc2o1)N(C)C(=O)CCc1ncc(-c2ccc(Cl)cc2)o1. The number of aromatic nitrogens is 1. The molecule has 0 saturated carbocycles. The highest BCUT2D eigenvalue weighted by molar-refractivity contribution is 6.30. The van der Waals surface area contributed by atoms with Crippen LogP contribution in [0.5, 0.6) is 0 Å². The van der Waals surface area contributed by atoms with Crippen molar-refractivity contribution in [1.82, 2.24) is 9.88 Å². The average Bonchev–Trinajstić information content (AvgIpc) is 3.38. The predicted molar refractivity (Wildman–Crippen MR) is 113 cm³/mol. The summed E-state index contributed by atoms with van der Waals surface area (Å²) in [5, 5.41) is 1.70. The van der Waals surface area contributed by atoms with E-state index in [-0.39, 0.29) is 11.9 Å². The third kappa shape index (κ3) is 4.20. The summed E-state index contributed by atoms with van der Waals surface area (Å²) in [7, 11) is 1.79. The Bertz CT molecular complexity index is 1100. The Hall–Kier alpha value is -3.05. The Morgan fingerprint density at radius 3 is 2.66 bits per heavy atom. The van der Waals surface area contributed by atoms with Gasteiger partial charge in [0.25, 0.3) is 0 Å². The van der Waals surface area contributed by atoms with Crippen molar-refractivity contribution in [3.8, 4) is 11.3 Å². The number of hydrogen-bond acceptors (Lipinski definition) is 4. The molecule has 2 heterocycles. The summed E-state index contributed by atoms with van der Waals surface area (Å²) in [5.74, 6) is 1.97. The minimum atomic E-state index is -0.163. The molecule has 0 aliphatic rings. The van der Waals surface area contributed by atoms with E-state index < -0.39 is 0 Å². The summed E-state index contributed by atoms with van der Waals surface area (Å²) < 4.78 is 11.7. The van der Waals surface area contributed by atoms with Gasteiger partial charge in [0.1, 0.15) is 11.3 Å². The third-order valence-corrected chi connectivity index (χ3v) is 5.32. The lowest BCUT2D eigenvalue weighted by atomic mass is 10.2. The molecule has 2 aromatic heterocycles. The molecule has 29 heavy (non-hydrogen) atoms. The summed E-state index contributed by atoms with van der Waals surface area (Å²) in [5.41, 5.74) is 1.72. The minimum Gasteiger partial charge on any atom is -0.459 e. The van der Waals surface area contributed by atoms with E-state index in [4.69, 9.17) is 20.4 Å². The van der Waals surface area contributed by atoms with E-state index in [0.29, 0.717) is 29.5 Å². The Balaban J connectivity index is 1.38. The number of halogens is 1.